The van der Waals surface area contributed by atoms with Gasteiger partial charge in [0.05, 0.1) is 25.0 Å². The third-order valence-electron chi connectivity index (χ3n) is 3.64. The highest BCUT2D eigenvalue weighted by Gasteiger charge is 2.23. The highest BCUT2D eigenvalue weighted by Crippen LogP contribution is 2.25. The first-order valence-corrected chi connectivity index (χ1v) is 7.82. The van der Waals surface area contributed by atoms with Crippen LogP contribution in [0.3, 0.4) is 0 Å². The number of aliphatic hydroxyl groups excluding tert-OH is 1. The summed E-state index contributed by atoms with van der Waals surface area (Å²) in [5.74, 6) is 0. The quantitative estimate of drug-likeness (QED) is 0.817. The van der Waals surface area contributed by atoms with E-state index < -0.39 is 0 Å². The molecular formula is C13H21BrN4O2. The molecule has 6 nitrogen and oxygen atoms in total. The van der Waals surface area contributed by atoms with Crippen LogP contribution in [0.2, 0.25) is 0 Å². The maximum Gasteiger partial charge on any atom is 0.283 e. The van der Waals surface area contributed by atoms with Gasteiger partial charge in [-0.05, 0) is 42.2 Å². The molecular weight excluding hydrogens is 324 g/mol. The highest BCUT2D eigenvalue weighted by molar-refractivity contribution is 9.10. The summed E-state index contributed by atoms with van der Waals surface area (Å²) < 4.78 is 1.80. The van der Waals surface area contributed by atoms with Gasteiger partial charge in [0.2, 0.25) is 0 Å². The number of aromatic nitrogens is 2. The Labute approximate surface area is 126 Å². The summed E-state index contributed by atoms with van der Waals surface area (Å²) in [6.07, 6.45) is 3.97. The smallest absolute Gasteiger partial charge is 0.283 e. The van der Waals surface area contributed by atoms with Gasteiger partial charge in [-0.1, -0.05) is 0 Å². The van der Waals surface area contributed by atoms with Crippen molar-refractivity contribution in [3.05, 3.63) is 21.0 Å². The monoisotopic (exact) mass is 344 g/mol. The Balaban J connectivity index is 2.30. The lowest BCUT2D eigenvalue weighted by Gasteiger charge is -2.35. The first-order valence-electron chi connectivity index (χ1n) is 7.02. The predicted octanol–water partition coefficient (Wildman–Crippen LogP) is 0.576. The summed E-state index contributed by atoms with van der Waals surface area (Å²) >= 11 is 3.39. The van der Waals surface area contributed by atoms with Crippen molar-refractivity contribution in [2.75, 3.05) is 31.1 Å². The van der Waals surface area contributed by atoms with Crippen molar-refractivity contribution in [1.29, 1.82) is 0 Å². The van der Waals surface area contributed by atoms with Crippen molar-refractivity contribution in [2.24, 2.45) is 0 Å². The number of anilines is 1. The maximum atomic E-state index is 12.2. The largest absolute Gasteiger partial charge is 0.394 e. The molecule has 0 bridgehead atoms. The molecule has 0 spiro atoms. The SMILES string of the molecule is CCN(c1cnn(CCO)c(=O)c1Br)C1CCCNC1. The molecule has 1 fully saturated rings. The van der Waals surface area contributed by atoms with Crippen molar-refractivity contribution in [1.82, 2.24) is 15.1 Å². The fourth-order valence-corrected chi connectivity index (χ4v) is 3.17. The number of halogens is 1. The van der Waals surface area contributed by atoms with E-state index in [-0.39, 0.29) is 18.7 Å². The third kappa shape index (κ3) is 3.21. The zero-order chi connectivity index (χ0) is 14.5. The molecule has 1 aromatic rings. The molecule has 0 aromatic carbocycles. The number of likely N-dealkylation sites (N-methyl/N-ethyl adjacent to an activating group) is 1. The van der Waals surface area contributed by atoms with Crippen molar-refractivity contribution < 1.29 is 5.11 Å². The maximum absolute atomic E-state index is 12.2. The summed E-state index contributed by atoms with van der Waals surface area (Å²) in [5, 5.41) is 16.5. The van der Waals surface area contributed by atoms with Gasteiger partial charge in [0.1, 0.15) is 4.47 Å². The molecule has 0 saturated carbocycles. The Hall–Kier alpha value is -0.920. The Morgan fingerprint density at radius 2 is 2.45 bits per heavy atom. The van der Waals surface area contributed by atoms with Gasteiger partial charge in [-0.25, -0.2) is 4.68 Å². The molecule has 20 heavy (non-hydrogen) atoms. The minimum Gasteiger partial charge on any atom is -0.394 e. The van der Waals surface area contributed by atoms with E-state index in [1.54, 1.807) is 6.20 Å². The minimum atomic E-state index is -0.196. The molecule has 1 aliphatic heterocycles. The highest BCUT2D eigenvalue weighted by atomic mass is 79.9. The zero-order valence-corrected chi connectivity index (χ0v) is 13.3. The van der Waals surface area contributed by atoms with E-state index in [2.05, 4.69) is 38.2 Å². The van der Waals surface area contributed by atoms with Gasteiger partial charge >= 0.3 is 0 Å². The lowest BCUT2D eigenvalue weighted by Crippen LogP contribution is -2.46. The van der Waals surface area contributed by atoms with Gasteiger partial charge in [-0.15, -0.1) is 0 Å². The van der Waals surface area contributed by atoms with Gasteiger partial charge in [0.15, 0.2) is 0 Å². The van der Waals surface area contributed by atoms with E-state index in [1.807, 2.05) is 0 Å². The van der Waals surface area contributed by atoms with Crippen LogP contribution in [0, 0.1) is 0 Å². The summed E-state index contributed by atoms with van der Waals surface area (Å²) in [6, 6.07) is 0.389. The Kier molecular flexibility index (Phi) is 5.56. The summed E-state index contributed by atoms with van der Waals surface area (Å²) in [6.45, 7) is 5.03. The average Bonchev–Trinajstić information content (AvgIpc) is 2.48. The summed E-state index contributed by atoms with van der Waals surface area (Å²) in [5.41, 5.74) is 0.638. The first kappa shape index (κ1) is 15.5. The van der Waals surface area contributed by atoms with Gasteiger partial charge in [0.25, 0.3) is 5.56 Å². The number of aliphatic hydroxyl groups is 1. The van der Waals surface area contributed by atoms with Crippen molar-refractivity contribution in [2.45, 2.75) is 32.4 Å². The van der Waals surface area contributed by atoms with Crippen LogP contribution in [0.1, 0.15) is 19.8 Å². The molecule has 1 unspecified atom stereocenters. The van der Waals surface area contributed by atoms with Crippen LogP contribution >= 0.6 is 15.9 Å². The fourth-order valence-electron chi connectivity index (χ4n) is 2.64. The van der Waals surface area contributed by atoms with Gasteiger partial charge < -0.3 is 15.3 Å². The number of hydrogen-bond donors (Lipinski definition) is 2. The van der Waals surface area contributed by atoms with Crippen LogP contribution in [0.15, 0.2) is 15.5 Å². The molecule has 1 aliphatic rings. The first-order chi connectivity index (χ1) is 9.69. The predicted molar refractivity (Wildman–Crippen MR) is 82.2 cm³/mol. The summed E-state index contributed by atoms with van der Waals surface area (Å²) in [4.78, 5) is 14.4. The Morgan fingerprint density at radius 1 is 1.65 bits per heavy atom. The number of nitrogens with one attached hydrogen (secondary N) is 1. The number of rotatable bonds is 5. The Morgan fingerprint density at radius 3 is 3.05 bits per heavy atom. The molecule has 2 heterocycles. The average molecular weight is 345 g/mol. The van der Waals surface area contributed by atoms with E-state index in [0.29, 0.717) is 10.5 Å². The topological polar surface area (TPSA) is 70.4 Å². The second kappa shape index (κ2) is 7.19. The van der Waals surface area contributed by atoms with Gasteiger partial charge in [-0.3, -0.25) is 4.79 Å². The second-order valence-corrected chi connectivity index (χ2v) is 5.67. The standard InChI is InChI=1S/C13H21BrN4O2/c1-2-17(10-4-3-5-15-8-10)11-9-16-18(6-7-19)13(20)12(11)14/h9-10,15,19H,2-8H2,1H3. The van der Waals surface area contributed by atoms with Crippen LogP contribution in [0.5, 0.6) is 0 Å². The minimum absolute atomic E-state index is 0.0945. The lowest BCUT2D eigenvalue weighted by atomic mass is 10.1. The molecule has 112 valence electrons. The molecule has 0 amide bonds. The molecule has 0 aliphatic carbocycles. The lowest BCUT2D eigenvalue weighted by molar-refractivity contribution is 0.266. The van der Waals surface area contributed by atoms with Crippen LogP contribution < -0.4 is 15.8 Å². The molecule has 1 atom stereocenters. The molecule has 0 radical (unpaired) electrons. The van der Waals surface area contributed by atoms with E-state index in [0.717, 1.165) is 38.2 Å². The molecule has 1 saturated heterocycles. The number of piperidine rings is 1. The Bertz CT molecular complexity index is 500. The van der Waals surface area contributed by atoms with Crippen molar-refractivity contribution in [3.63, 3.8) is 0 Å². The van der Waals surface area contributed by atoms with E-state index >= 15 is 0 Å². The molecule has 2 rings (SSSR count). The number of hydrogen-bond acceptors (Lipinski definition) is 5. The van der Waals surface area contributed by atoms with Gasteiger partial charge in [-0.2, -0.15) is 5.10 Å². The number of nitrogens with zero attached hydrogens (tertiary/aromatic N) is 3. The fraction of sp³-hybridized carbons (Fsp3) is 0.692. The third-order valence-corrected chi connectivity index (χ3v) is 4.39. The van der Waals surface area contributed by atoms with E-state index in [9.17, 15) is 4.79 Å². The van der Waals surface area contributed by atoms with Crippen LogP contribution in [-0.2, 0) is 6.54 Å². The normalized spacial score (nSPS) is 19.1. The zero-order valence-electron chi connectivity index (χ0n) is 11.7. The second-order valence-electron chi connectivity index (χ2n) is 4.88. The van der Waals surface area contributed by atoms with Crippen molar-refractivity contribution in [3.8, 4) is 0 Å². The van der Waals surface area contributed by atoms with E-state index in [1.165, 1.54) is 4.68 Å². The van der Waals surface area contributed by atoms with Crippen molar-refractivity contribution >= 4 is 21.6 Å². The molecule has 7 heteroatoms. The molecule has 2 N–H and O–H groups in total. The van der Waals surface area contributed by atoms with E-state index in [4.69, 9.17) is 5.11 Å². The van der Waals surface area contributed by atoms with Gasteiger partial charge in [0, 0.05) is 19.1 Å². The van der Waals surface area contributed by atoms with Crippen LogP contribution in [-0.4, -0.2) is 47.2 Å². The molecule has 1 aromatic heterocycles. The van der Waals surface area contributed by atoms with Crippen LogP contribution in [0.4, 0.5) is 5.69 Å². The summed E-state index contributed by atoms with van der Waals surface area (Å²) in [7, 11) is 0. The van der Waals surface area contributed by atoms with Crippen LogP contribution in [0.25, 0.3) is 0 Å².